The number of ether oxygens (including phenoxy) is 2. The summed E-state index contributed by atoms with van der Waals surface area (Å²) in [5.74, 6) is 4.07. The van der Waals surface area contributed by atoms with Crippen LogP contribution in [0.2, 0.25) is 0 Å². The van der Waals surface area contributed by atoms with Gasteiger partial charge in [0.25, 0.3) is 5.91 Å². The summed E-state index contributed by atoms with van der Waals surface area (Å²) < 4.78 is 17.9. The monoisotopic (exact) mass is 527 g/mol. The van der Waals surface area contributed by atoms with Crippen LogP contribution in [-0.2, 0) is 11.2 Å². The molecule has 2 aromatic rings. The highest BCUT2D eigenvalue weighted by molar-refractivity contribution is 8.26. The van der Waals surface area contributed by atoms with Gasteiger partial charge in [-0.3, -0.25) is 9.69 Å². The van der Waals surface area contributed by atoms with Gasteiger partial charge in [0, 0.05) is 30.4 Å². The Kier molecular flexibility index (Phi) is 7.74. The molecule has 3 unspecified atom stereocenters. The number of methoxy groups -OCH3 is 2. The van der Waals surface area contributed by atoms with Gasteiger partial charge in [0.15, 0.2) is 0 Å². The van der Waals surface area contributed by atoms with Gasteiger partial charge in [-0.15, -0.1) is 0 Å². The number of aliphatic hydroxyl groups is 1. The van der Waals surface area contributed by atoms with Crippen molar-refractivity contribution in [2.75, 3.05) is 20.8 Å². The first-order valence-electron chi connectivity index (χ1n) is 12.7. The SMILES string of the molecule is COc1cc(OC)cc(-c2cc(CCCCCO)c(/C=C3/SC(=S)N(C4CC5CCC4C5)C3=O)o2)c1. The predicted octanol–water partition coefficient (Wildman–Crippen LogP) is 6.06. The first-order valence-corrected chi connectivity index (χ1v) is 14.0. The lowest BCUT2D eigenvalue weighted by molar-refractivity contribution is -0.124. The molecule has 1 amide bonds. The minimum Gasteiger partial charge on any atom is -0.497 e. The number of thioether (sulfide) groups is 1. The summed E-state index contributed by atoms with van der Waals surface area (Å²) in [4.78, 5) is 16.0. The number of carbonyl (C=O) groups excluding carboxylic acids is 1. The number of hydrogen-bond donors (Lipinski definition) is 1. The van der Waals surface area contributed by atoms with Gasteiger partial charge in [-0.2, -0.15) is 0 Å². The quantitative estimate of drug-likeness (QED) is 0.229. The van der Waals surface area contributed by atoms with Gasteiger partial charge >= 0.3 is 0 Å². The fraction of sp³-hybridized carbons (Fsp3) is 0.500. The maximum Gasteiger partial charge on any atom is 0.266 e. The molecule has 2 saturated carbocycles. The Hall–Kier alpha value is -2.29. The number of thiocarbonyl (C=S) groups is 1. The van der Waals surface area contributed by atoms with Crippen molar-refractivity contribution in [1.29, 1.82) is 0 Å². The molecule has 1 saturated heterocycles. The topological polar surface area (TPSA) is 72.1 Å². The summed E-state index contributed by atoms with van der Waals surface area (Å²) in [7, 11) is 3.24. The molecule has 2 bridgehead atoms. The van der Waals surface area contributed by atoms with Crippen LogP contribution >= 0.6 is 24.0 Å². The highest BCUT2D eigenvalue weighted by Crippen LogP contribution is 2.49. The van der Waals surface area contributed by atoms with E-state index in [1.54, 1.807) is 14.2 Å². The number of unbranched alkanes of at least 4 members (excludes halogenated alkanes) is 2. The summed E-state index contributed by atoms with van der Waals surface area (Å²) in [6.45, 7) is 0.193. The number of carbonyl (C=O) groups is 1. The summed E-state index contributed by atoms with van der Waals surface area (Å²) in [6, 6.07) is 7.93. The van der Waals surface area contributed by atoms with Crippen LogP contribution < -0.4 is 9.47 Å². The normalized spacial score (nSPS) is 24.4. The van der Waals surface area contributed by atoms with Crippen LogP contribution in [0.15, 0.2) is 33.6 Å². The molecule has 0 spiro atoms. The van der Waals surface area contributed by atoms with Crippen LogP contribution in [0.4, 0.5) is 0 Å². The average Bonchev–Trinajstić information content (AvgIpc) is 3.66. The molecule has 2 aliphatic carbocycles. The fourth-order valence-corrected chi connectivity index (χ4v) is 7.21. The van der Waals surface area contributed by atoms with E-state index in [-0.39, 0.29) is 18.6 Å². The smallest absolute Gasteiger partial charge is 0.266 e. The Balaban J connectivity index is 1.45. The minimum absolute atomic E-state index is 0.00906. The van der Waals surface area contributed by atoms with Gasteiger partial charge < -0.3 is 19.0 Å². The molecule has 1 aromatic heterocycles. The van der Waals surface area contributed by atoms with E-state index < -0.39 is 0 Å². The predicted molar refractivity (Wildman–Crippen MR) is 146 cm³/mol. The molecular formula is C28H33NO5S2. The second kappa shape index (κ2) is 11.0. The standard InChI is InChI=1S/C28H33NO5S2/c1-32-21-12-20(13-22(15-21)33-2)24-14-19(6-4-3-5-9-30)25(34-24)16-26-27(31)29(28(35)36-26)23-11-17-7-8-18(23)10-17/h12-18,23,30H,3-11H2,1-2H3/b26-16+. The molecule has 0 radical (unpaired) electrons. The van der Waals surface area contributed by atoms with Crippen molar-refractivity contribution in [3.05, 3.63) is 40.5 Å². The van der Waals surface area contributed by atoms with Gasteiger partial charge in [0.1, 0.15) is 27.3 Å². The van der Waals surface area contributed by atoms with Crippen LogP contribution in [0, 0.1) is 11.8 Å². The van der Waals surface area contributed by atoms with Crippen molar-refractivity contribution >= 4 is 40.3 Å². The molecule has 1 aliphatic heterocycles. The zero-order valence-corrected chi connectivity index (χ0v) is 22.5. The summed E-state index contributed by atoms with van der Waals surface area (Å²) in [5, 5.41) is 9.16. The molecular weight excluding hydrogens is 494 g/mol. The lowest BCUT2D eigenvalue weighted by Gasteiger charge is -2.30. The molecule has 1 N–H and O–H groups in total. The van der Waals surface area contributed by atoms with Crippen LogP contribution in [0.25, 0.3) is 17.4 Å². The Morgan fingerprint density at radius 1 is 1.11 bits per heavy atom. The second-order valence-electron chi connectivity index (χ2n) is 9.93. The number of benzene rings is 1. The Labute approximate surface area is 222 Å². The van der Waals surface area contributed by atoms with Gasteiger partial charge in [0.05, 0.1) is 19.1 Å². The largest absolute Gasteiger partial charge is 0.497 e. The molecule has 2 heterocycles. The van der Waals surface area contributed by atoms with Crippen molar-refractivity contribution in [3.8, 4) is 22.8 Å². The zero-order valence-electron chi connectivity index (χ0n) is 20.8. The molecule has 3 atom stereocenters. The fourth-order valence-electron chi connectivity index (χ4n) is 5.87. The molecule has 6 nitrogen and oxygen atoms in total. The van der Waals surface area contributed by atoms with E-state index in [0.29, 0.717) is 38.2 Å². The van der Waals surface area contributed by atoms with E-state index >= 15 is 0 Å². The van der Waals surface area contributed by atoms with E-state index in [2.05, 4.69) is 0 Å². The number of rotatable bonds is 10. The maximum atomic E-state index is 13.5. The minimum atomic E-state index is 0.00906. The molecule has 5 rings (SSSR count). The number of furan rings is 1. The van der Waals surface area contributed by atoms with Crippen LogP contribution in [0.1, 0.15) is 56.3 Å². The average molecular weight is 528 g/mol. The lowest BCUT2D eigenvalue weighted by Crippen LogP contribution is -2.41. The van der Waals surface area contributed by atoms with E-state index in [1.807, 2.05) is 35.2 Å². The van der Waals surface area contributed by atoms with Crippen LogP contribution in [0.3, 0.4) is 0 Å². The number of aryl methyl sites for hydroxylation is 1. The maximum absolute atomic E-state index is 13.5. The third kappa shape index (κ3) is 5.08. The van der Waals surface area contributed by atoms with Gasteiger partial charge in [-0.05, 0) is 74.1 Å². The van der Waals surface area contributed by atoms with Crippen LogP contribution in [-0.4, -0.2) is 47.1 Å². The van der Waals surface area contributed by atoms with E-state index in [0.717, 1.165) is 49.1 Å². The third-order valence-corrected chi connectivity index (χ3v) is 9.03. The Morgan fingerprint density at radius 3 is 2.53 bits per heavy atom. The van der Waals surface area contributed by atoms with Crippen molar-refractivity contribution in [3.63, 3.8) is 0 Å². The first-order chi connectivity index (χ1) is 17.5. The summed E-state index contributed by atoms with van der Waals surface area (Å²) >= 11 is 7.06. The number of fused-ring (bicyclic) bond motifs is 2. The highest BCUT2D eigenvalue weighted by Gasteiger charge is 2.48. The number of aliphatic hydroxyl groups excluding tert-OH is 1. The lowest BCUT2D eigenvalue weighted by atomic mass is 9.94. The van der Waals surface area contributed by atoms with Crippen LogP contribution in [0.5, 0.6) is 11.5 Å². The van der Waals surface area contributed by atoms with E-state index in [9.17, 15) is 4.79 Å². The third-order valence-electron chi connectivity index (χ3n) is 7.70. The first kappa shape index (κ1) is 25.4. The van der Waals surface area contributed by atoms with Crippen molar-refractivity contribution in [1.82, 2.24) is 4.90 Å². The summed E-state index contributed by atoms with van der Waals surface area (Å²) in [6.07, 6.45) is 10.1. The Bertz CT molecular complexity index is 1150. The van der Waals surface area contributed by atoms with E-state index in [4.69, 9.17) is 31.2 Å². The molecule has 192 valence electrons. The molecule has 8 heteroatoms. The molecule has 3 aliphatic rings. The van der Waals surface area contributed by atoms with Crippen molar-refractivity contribution in [2.45, 2.75) is 57.4 Å². The van der Waals surface area contributed by atoms with Gasteiger partial charge in [-0.1, -0.05) is 36.8 Å². The highest BCUT2D eigenvalue weighted by atomic mass is 32.2. The molecule has 36 heavy (non-hydrogen) atoms. The Morgan fingerprint density at radius 2 is 1.89 bits per heavy atom. The van der Waals surface area contributed by atoms with Crippen molar-refractivity contribution < 1.29 is 23.8 Å². The number of hydrogen-bond acceptors (Lipinski definition) is 7. The van der Waals surface area contributed by atoms with E-state index in [1.165, 1.54) is 31.0 Å². The van der Waals surface area contributed by atoms with Gasteiger partial charge in [0.2, 0.25) is 0 Å². The zero-order chi connectivity index (χ0) is 25.2. The number of nitrogens with zero attached hydrogens (tertiary/aromatic N) is 1. The molecule has 1 aromatic carbocycles. The summed E-state index contributed by atoms with van der Waals surface area (Å²) in [5.41, 5.74) is 1.88. The molecule has 3 fully saturated rings. The number of amides is 1. The van der Waals surface area contributed by atoms with Gasteiger partial charge in [-0.25, -0.2) is 0 Å². The second-order valence-corrected chi connectivity index (χ2v) is 11.6. The van der Waals surface area contributed by atoms with Crippen molar-refractivity contribution in [2.24, 2.45) is 11.8 Å².